The van der Waals surface area contributed by atoms with Crippen LogP contribution in [0.1, 0.15) is 16.7 Å². The molecule has 0 aliphatic carbocycles. The van der Waals surface area contributed by atoms with Crippen LogP contribution in [0.4, 0.5) is 0 Å². The maximum Gasteiger partial charge on any atom is 0.123 e. The van der Waals surface area contributed by atoms with Crippen LogP contribution in [0.15, 0.2) is 12.1 Å². The highest BCUT2D eigenvalue weighted by molar-refractivity contribution is 5.43. The molecule has 1 aliphatic rings. The van der Waals surface area contributed by atoms with Gasteiger partial charge in [0.15, 0.2) is 0 Å². The minimum absolute atomic E-state index is 0.338. The summed E-state index contributed by atoms with van der Waals surface area (Å²) in [4.78, 5) is 0. The molecule has 0 bridgehead atoms. The van der Waals surface area contributed by atoms with Crippen LogP contribution < -0.4 is 4.74 Å². The first kappa shape index (κ1) is 8.57. The van der Waals surface area contributed by atoms with E-state index < -0.39 is 0 Å². The van der Waals surface area contributed by atoms with E-state index in [2.05, 4.69) is 26.0 Å². The third kappa shape index (κ3) is 1.54. The van der Waals surface area contributed by atoms with Gasteiger partial charge in [-0.05, 0) is 36.6 Å². The van der Waals surface area contributed by atoms with Crippen molar-refractivity contribution in [3.8, 4) is 5.75 Å². The molecule has 1 heterocycles. The zero-order valence-corrected chi connectivity index (χ0v) is 8.00. The number of ether oxygens (including phenoxy) is 1. The van der Waals surface area contributed by atoms with Crippen molar-refractivity contribution in [3.63, 3.8) is 0 Å². The van der Waals surface area contributed by atoms with Crippen molar-refractivity contribution in [1.82, 2.24) is 0 Å². The van der Waals surface area contributed by atoms with Gasteiger partial charge in [0, 0.05) is 6.42 Å². The van der Waals surface area contributed by atoms with Crippen LogP contribution in [0, 0.1) is 13.8 Å². The molecular weight excluding hydrogens is 164 g/mol. The Morgan fingerprint density at radius 2 is 2.00 bits per heavy atom. The van der Waals surface area contributed by atoms with Crippen molar-refractivity contribution in [3.05, 3.63) is 28.8 Å². The van der Waals surface area contributed by atoms with Gasteiger partial charge in [0.05, 0.1) is 6.10 Å². The second kappa shape index (κ2) is 3.04. The van der Waals surface area contributed by atoms with Crippen LogP contribution in [0.2, 0.25) is 0 Å². The Morgan fingerprint density at radius 1 is 1.31 bits per heavy atom. The molecule has 1 aromatic carbocycles. The van der Waals surface area contributed by atoms with Crippen molar-refractivity contribution >= 4 is 0 Å². The lowest BCUT2D eigenvalue weighted by atomic mass is 9.99. The predicted octanol–water partition coefficient (Wildman–Crippen LogP) is 1.60. The summed E-state index contributed by atoms with van der Waals surface area (Å²) in [6.45, 7) is 4.58. The molecule has 2 nitrogen and oxygen atoms in total. The van der Waals surface area contributed by atoms with Crippen LogP contribution in [0.5, 0.6) is 5.75 Å². The molecule has 13 heavy (non-hydrogen) atoms. The summed E-state index contributed by atoms with van der Waals surface area (Å²) in [5, 5.41) is 9.39. The van der Waals surface area contributed by atoms with E-state index in [0.717, 1.165) is 17.7 Å². The molecule has 70 valence electrons. The molecule has 0 saturated heterocycles. The van der Waals surface area contributed by atoms with Crippen LogP contribution in [0.25, 0.3) is 0 Å². The molecule has 2 heteroatoms. The maximum atomic E-state index is 9.39. The normalized spacial score (nSPS) is 20.7. The highest BCUT2D eigenvalue weighted by Gasteiger charge is 2.17. The molecule has 0 aromatic heterocycles. The van der Waals surface area contributed by atoms with E-state index in [4.69, 9.17) is 4.74 Å². The lowest BCUT2D eigenvalue weighted by Crippen LogP contribution is -2.25. The van der Waals surface area contributed by atoms with Crippen molar-refractivity contribution in [1.29, 1.82) is 0 Å². The molecule has 2 rings (SSSR count). The Kier molecular flexibility index (Phi) is 2.00. The van der Waals surface area contributed by atoms with Crippen LogP contribution in [-0.4, -0.2) is 17.8 Å². The zero-order valence-electron chi connectivity index (χ0n) is 8.00. The Morgan fingerprint density at radius 3 is 2.77 bits per heavy atom. The lowest BCUT2D eigenvalue weighted by molar-refractivity contribution is 0.0920. The van der Waals surface area contributed by atoms with Gasteiger partial charge in [-0.3, -0.25) is 0 Å². The summed E-state index contributed by atoms with van der Waals surface area (Å²) in [5.74, 6) is 0.938. The van der Waals surface area contributed by atoms with Crippen molar-refractivity contribution in [2.45, 2.75) is 26.4 Å². The third-order valence-electron chi connectivity index (χ3n) is 2.56. The Hall–Kier alpha value is -1.02. The van der Waals surface area contributed by atoms with Gasteiger partial charge >= 0.3 is 0 Å². The average molecular weight is 178 g/mol. The molecule has 0 saturated carbocycles. The number of hydrogen-bond donors (Lipinski definition) is 1. The maximum absolute atomic E-state index is 9.39. The van der Waals surface area contributed by atoms with Gasteiger partial charge in [-0.25, -0.2) is 0 Å². The van der Waals surface area contributed by atoms with Gasteiger partial charge in [-0.15, -0.1) is 0 Å². The summed E-state index contributed by atoms with van der Waals surface area (Å²) in [7, 11) is 0. The Balaban J connectivity index is 2.43. The van der Waals surface area contributed by atoms with Crippen LogP contribution in [0.3, 0.4) is 0 Å². The van der Waals surface area contributed by atoms with Gasteiger partial charge in [0.2, 0.25) is 0 Å². The highest BCUT2D eigenvalue weighted by Crippen LogP contribution is 2.27. The third-order valence-corrected chi connectivity index (χ3v) is 2.56. The standard InChI is InChI=1S/C11H14O2/c1-7-3-9-5-10(12)6-13-11(9)4-8(7)2/h3-4,10,12H,5-6H2,1-2H3/t10-/m0/s1. The molecule has 0 spiro atoms. The van der Waals surface area contributed by atoms with Gasteiger partial charge in [0.1, 0.15) is 12.4 Å². The van der Waals surface area contributed by atoms with Gasteiger partial charge < -0.3 is 9.84 Å². The van der Waals surface area contributed by atoms with E-state index in [-0.39, 0.29) is 6.10 Å². The van der Waals surface area contributed by atoms with Crippen LogP contribution in [-0.2, 0) is 6.42 Å². The summed E-state index contributed by atoms with van der Waals surface area (Å²) in [5.41, 5.74) is 3.63. The van der Waals surface area contributed by atoms with Crippen molar-refractivity contribution in [2.24, 2.45) is 0 Å². The molecule has 1 aromatic rings. The summed E-state index contributed by atoms with van der Waals surface area (Å²) in [6.07, 6.45) is 0.380. The smallest absolute Gasteiger partial charge is 0.123 e. The van der Waals surface area contributed by atoms with E-state index in [0.29, 0.717) is 6.61 Å². The highest BCUT2D eigenvalue weighted by atomic mass is 16.5. The van der Waals surface area contributed by atoms with Crippen molar-refractivity contribution in [2.75, 3.05) is 6.61 Å². The average Bonchev–Trinajstić information content (AvgIpc) is 2.08. The second-order valence-electron chi connectivity index (χ2n) is 3.71. The molecule has 0 radical (unpaired) electrons. The number of aliphatic hydroxyl groups excluding tert-OH is 1. The van der Waals surface area contributed by atoms with Gasteiger partial charge in [-0.2, -0.15) is 0 Å². The fourth-order valence-electron chi connectivity index (χ4n) is 1.64. The fraction of sp³-hybridized carbons (Fsp3) is 0.455. The molecule has 0 unspecified atom stereocenters. The number of rotatable bonds is 0. The van der Waals surface area contributed by atoms with Gasteiger partial charge in [0.25, 0.3) is 0 Å². The second-order valence-corrected chi connectivity index (χ2v) is 3.71. The topological polar surface area (TPSA) is 29.5 Å². The molecule has 0 amide bonds. The van der Waals surface area contributed by atoms with E-state index in [1.807, 2.05) is 0 Å². The SMILES string of the molecule is Cc1cc2c(cc1C)OC[C@@H](O)C2. The molecule has 0 fully saturated rings. The number of aryl methyl sites for hydroxylation is 2. The minimum atomic E-state index is -0.338. The number of hydrogen-bond acceptors (Lipinski definition) is 2. The molecule has 1 atom stereocenters. The van der Waals surface area contributed by atoms with E-state index in [9.17, 15) is 5.11 Å². The first-order valence-electron chi connectivity index (χ1n) is 4.58. The number of aliphatic hydroxyl groups is 1. The van der Waals surface area contributed by atoms with Crippen LogP contribution >= 0.6 is 0 Å². The monoisotopic (exact) mass is 178 g/mol. The first-order chi connectivity index (χ1) is 6.16. The first-order valence-corrected chi connectivity index (χ1v) is 4.58. The Bertz CT molecular complexity index is 331. The predicted molar refractivity (Wildman–Crippen MR) is 51.1 cm³/mol. The van der Waals surface area contributed by atoms with Crippen molar-refractivity contribution < 1.29 is 9.84 Å². The number of benzene rings is 1. The fourth-order valence-corrected chi connectivity index (χ4v) is 1.64. The van der Waals surface area contributed by atoms with E-state index >= 15 is 0 Å². The summed E-state index contributed by atoms with van der Waals surface area (Å²) >= 11 is 0. The summed E-state index contributed by atoms with van der Waals surface area (Å²) < 4.78 is 5.42. The largest absolute Gasteiger partial charge is 0.491 e. The van der Waals surface area contributed by atoms with E-state index in [1.165, 1.54) is 11.1 Å². The lowest BCUT2D eigenvalue weighted by Gasteiger charge is -2.22. The zero-order chi connectivity index (χ0) is 9.42. The molecular formula is C11H14O2. The summed E-state index contributed by atoms with van der Waals surface area (Å²) in [6, 6.07) is 4.16. The van der Waals surface area contributed by atoms with Gasteiger partial charge in [-0.1, -0.05) is 6.07 Å². The van der Waals surface area contributed by atoms with E-state index in [1.54, 1.807) is 0 Å². The minimum Gasteiger partial charge on any atom is -0.491 e. The molecule has 1 aliphatic heterocycles. The number of fused-ring (bicyclic) bond motifs is 1. The molecule has 1 N–H and O–H groups in total. The Labute approximate surface area is 78.2 Å². The quantitative estimate of drug-likeness (QED) is 0.654.